The molecule has 1 heterocycles. The number of hydrogen-bond acceptors (Lipinski definition) is 3. The molecule has 4 nitrogen and oxygen atoms in total. The van der Waals surface area contributed by atoms with Gasteiger partial charge in [-0.3, -0.25) is 4.79 Å². The van der Waals surface area contributed by atoms with Crippen LogP contribution in [-0.4, -0.2) is 18.6 Å². The van der Waals surface area contributed by atoms with E-state index in [1.807, 2.05) is 26.8 Å². The lowest BCUT2D eigenvalue weighted by Gasteiger charge is -2.26. The number of nitrogens with one attached hydrogen (secondary N) is 1. The quantitative estimate of drug-likeness (QED) is 0.887. The number of nitrogens with two attached hydrogens (primary N) is 1. The lowest BCUT2D eigenvalue weighted by molar-refractivity contribution is -0.124. The molecular formula is C15H21BrN2O2. The largest absolute Gasteiger partial charge is 0.493 e. The van der Waals surface area contributed by atoms with Gasteiger partial charge in [-0.25, -0.2) is 0 Å². The second kappa shape index (κ2) is 5.74. The van der Waals surface area contributed by atoms with Crippen LogP contribution < -0.4 is 15.8 Å². The van der Waals surface area contributed by atoms with Gasteiger partial charge in [0.15, 0.2) is 0 Å². The Morgan fingerprint density at radius 3 is 2.85 bits per heavy atom. The van der Waals surface area contributed by atoms with Crippen molar-refractivity contribution in [3.05, 3.63) is 27.7 Å². The highest BCUT2D eigenvalue weighted by Gasteiger charge is 2.27. The maximum Gasteiger partial charge on any atom is 0.237 e. The topological polar surface area (TPSA) is 64.4 Å². The molecule has 1 aliphatic heterocycles. The van der Waals surface area contributed by atoms with E-state index in [4.69, 9.17) is 10.5 Å². The zero-order valence-electron chi connectivity index (χ0n) is 12.1. The van der Waals surface area contributed by atoms with Crippen molar-refractivity contribution in [3.8, 4) is 5.75 Å². The molecule has 0 aliphatic carbocycles. The minimum absolute atomic E-state index is 0.135. The van der Waals surface area contributed by atoms with E-state index >= 15 is 0 Å². The van der Waals surface area contributed by atoms with Gasteiger partial charge in [0.25, 0.3) is 0 Å². The summed E-state index contributed by atoms with van der Waals surface area (Å²) in [6, 6.07) is 3.52. The Morgan fingerprint density at radius 1 is 1.50 bits per heavy atom. The highest BCUT2D eigenvalue weighted by molar-refractivity contribution is 9.10. The van der Waals surface area contributed by atoms with Crippen molar-refractivity contribution in [2.45, 2.75) is 39.8 Å². The normalized spacial score (nSPS) is 15.4. The maximum atomic E-state index is 12.1. The number of fused-ring (bicyclic) bond motifs is 1. The third kappa shape index (κ3) is 3.33. The molecule has 1 aromatic carbocycles. The zero-order valence-corrected chi connectivity index (χ0v) is 13.7. The molecule has 1 aromatic rings. The Kier molecular flexibility index (Phi) is 4.39. The number of benzene rings is 1. The van der Waals surface area contributed by atoms with Crippen LogP contribution in [0.15, 0.2) is 16.6 Å². The van der Waals surface area contributed by atoms with Crippen molar-refractivity contribution < 1.29 is 9.53 Å². The number of halogens is 1. The molecule has 0 fully saturated rings. The summed E-state index contributed by atoms with van der Waals surface area (Å²) in [6.07, 6.45) is 0.914. The summed E-state index contributed by atoms with van der Waals surface area (Å²) < 4.78 is 6.65. The summed E-state index contributed by atoms with van der Waals surface area (Å²) in [5, 5.41) is 2.90. The Balaban J connectivity index is 2.07. The lowest BCUT2D eigenvalue weighted by Crippen LogP contribution is -2.48. The number of ether oxygens (including phenoxy) is 1. The molecule has 0 saturated heterocycles. The summed E-state index contributed by atoms with van der Waals surface area (Å²) in [5.74, 6) is 0.766. The molecular weight excluding hydrogens is 320 g/mol. The van der Waals surface area contributed by atoms with E-state index < -0.39 is 6.04 Å². The molecule has 0 aromatic heterocycles. The van der Waals surface area contributed by atoms with Crippen LogP contribution in [-0.2, 0) is 17.8 Å². The first-order chi connectivity index (χ1) is 9.29. The van der Waals surface area contributed by atoms with Gasteiger partial charge < -0.3 is 15.8 Å². The first kappa shape index (κ1) is 15.3. The molecule has 0 unspecified atom stereocenters. The second-order valence-corrected chi connectivity index (χ2v) is 7.13. The average Bonchev–Trinajstić information content (AvgIpc) is 2.81. The summed E-state index contributed by atoms with van der Waals surface area (Å²) in [5.41, 5.74) is 7.87. The van der Waals surface area contributed by atoms with Crippen molar-refractivity contribution in [1.82, 2.24) is 5.32 Å². The summed E-state index contributed by atoms with van der Waals surface area (Å²) in [6.45, 7) is 7.00. The van der Waals surface area contributed by atoms with Crippen LogP contribution in [0.2, 0.25) is 0 Å². The van der Waals surface area contributed by atoms with Gasteiger partial charge >= 0.3 is 0 Å². The Bertz CT molecular complexity index is 523. The second-order valence-electron chi connectivity index (χ2n) is 6.21. The number of carbonyl (C=O) groups is 1. The molecule has 3 N–H and O–H groups in total. The molecule has 0 bridgehead atoms. The molecule has 110 valence electrons. The van der Waals surface area contributed by atoms with Crippen LogP contribution in [0.4, 0.5) is 0 Å². The zero-order chi connectivity index (χ0) is 14.9. The molecule has 2 rings (SSSR count). The Hall–Kier alpha value is -1.07. The smallest absolute Gasteiger partial charge is 0.237 e. The minimum atomic E-state index is -0.524. The van der Waals surface area contributed by atoms with E-state index in [-0.39, 0.29) is 11.3 Å². The standard InChI is InChI=1S/C15H21BrN2O2/c1-15(2,3)13(17)14(19)18-8-10-7-11(16)6-9-4-5-20-12(9)10/h6-7,13H,4-5,8,17H2,1-3H3,(H,18,19)/t13-/m1/s1. The van der Waals surface area contributed by atoms with E-state index in [1.165, 1.54) is 5.56 Å². The van der Waals surface area contributed by atoms with Gasteiger partial charge in [-0.05, 0) is 23.1 Å². The molecule has 0 radical (unpaired) electrons. The van der Waals surface area contributed by atoms with Gasteiger partial charge in [0.2, 0.25) is 5.91 Å². The minimum Gasteiger partial charge on any atom is -0.493 e. The first-order valence-electron chi connectivity index (χ1n) is 6.76. The summed E-state index contributed by atoms with van der Waals surface area (Å²) in [7, 11) is 0. The highest BCUT2D eigenvalue weighted by atomic mass is 79.9. The maximum absolute atomic E-state index is 12.1. The average molecular weight is 341 g/mol. The van der Waals surface area contributed by atoms with Gasteiger partial charge in [0.05, 0.1) is 12.6 Å². The summed E-state index contributed by atoms with van der Waals surface area (Å²) >= 11 is 3.49. The van der Waals surface area contributed by atoms with Gasteiger partial charge in [0, 0.05) is 23.0 Å². The highest BCUT2D eigenvalue weighted by Crippen LogP contribution is 2.32. The fraction of sp³-hybridized carbons (Fsp3) is 0.533. The van der Waals surface area contributed by atoms with Crippen molar-refractivity contribution in [2.75, 3.05) is 6.61 Å². The summed E-state index contributed by atoms with van der Waals surface area (Å²) in [4.78, 5) is 12.1. The van der Waals surface area contributed by atoms with E-state index in [1.54, 1.807) is 0 Å². The molecule has 5 heteroatoms. The third-order valence-electron chi connectivity index (χ3n) is 3.49. The number of amides is 1. The van der Waals surface area contributed by atoms with E-state index in [0.29, 0.717) is 13.2 Å². The van der Waals surface area contributed by atoms with Gasteiger partial charge in [-0.2, -0.15) is 0 Å². The molecule has 1 aliphatic rings. The molecule has 20 heavy (non-hydrogen) atoms. The Labute approximate surface area is 128 Å². The number of hydrogen-bond donors (Lipinski definition) is 2. The molecule has 1 atom stereocenters. The van der Waals surface area contributed by atoms with Crippen LogP contribution in [0, 0.1) is 5.41 Å². The van der Waals surface area contributed by atoms with Crippen molar-refractivity contribution in [2.24, 2.45) is 11.1 Å². The van der Waals surface area contributed by atoms with Crippen LogP contribution in [0.5, 0.6) is 5.75 Å². The predicted molar refractivity (Wildman–Crippen MR) is 82.6 cm³/mol. The SMILES string of the molecule is CC(C)(C)[C@H](N)C(=O)NCc1cc(Br)cc2c1OCC2. The van der Waals surface area contributed by atoms with Gasteiger partial charge in [-0.15, -0.1) is 0 Å². The fourth-order valence-electron chi connectivity index (χ4n) is 2.16. The third-order valence-corrected chi connectivity index (χ3v) is 3.95. The monoisotopic (exact) mass is 340 g/mol. The van der Waals surface area contributed by atoms with Crippen molar-refractivity contribution in [3.63, 3.8) is 0 Å². The van der Waals surface area contributed by atoms with E-state index in [0.717, 1.165) is 22.2 Å². The van der Waals surface area contributed by atoms with E-state index in [2.05, 4.69) is 27.3 Å². The van der Waals surface area contributed by atoms with E-state index in [9.17, 15) is 4.79 Å². The number of carbonyl (C=O) groups excluding carboxylic acids is 1. The number of rotatable bonds is 3. The van der Waals surface area contributed by atoms with Crippen LogP contribution in [0.3, 0.4) is 0 Å². The first-order valence-corrected chi connectivity index (χ1v) is 7.55. The predicted octanol–water partition coefficient (Wildman–Crippen LogP) is 2.37. The molecule has 1 amide bonds. The van der Waals surface area contributed by atoms with Crippen LogP contribution in [0.1, 0.15) is 31.9 Å². The fourth-order valence-corrected chi connectivity index (χ4v) is 2.72. The molecule has 0 saturated carbocycles. The van der Waals surface area contributed by atoms with Crippen LogP contribution in [0.25, 0.3) is 0 Å². The lowest BCUT2D eigenvalue weighted by atomic mass is 9.87. The van der Waals surface area contributed by atoms with Gasteiger partial charge in [0.1, 0.15) is 5.75 Å². The van der Waals surface area contributed by atoms with Gasteiger partial charge in [-0.1, -0.05) is 36.7 Å². The Morgan fingerprint density at radius 2 is 2.20 bits per heavy atom. The van der Waals surface area contributed by atoms with Crippen molar-refractivity contribution in [1.29, 1.82) is 0 Å². The molecule has 0 spiro atoms. The van der Waals surface area contributed by atoms with Crippen LogP contribution >= 0.6 is 15.9 Å². The van der Waals surface area contributed by atoms with Crippen molar-refractivity contribution >= 4 is 21.8 Å².